The molecule has 1 amide bonds. The Balaban J connectivity index is 1.71. The molecule has 28 heavy (non-hydrogen) atoms. The fourth-order valence-corrected chi connectivity index (χ4v) is 4.22. The third-order valence-corrected chi connectivity index (χ3v) is 6.04. The van der Waals surface area contributed by atoms with E-state index in [1.54, 1.807) is 7.11 Å². The smallest absolute Gasteiger partial charge is 0.350 e. The molecule has 2 aromatic carbocycles. The average molecular weight is 414 g/mol. The molecule has 0 fully saturated rings. The van der Waals surface area contributed by atoms with Crippen molar-refractivity contribution in [3.8, 4) is 16.2 Å². The molecule has 0 aliphatic rings. The predicted octanol–water partition coefficient (Wildman–Crippen LogP) is 4.94. The van der Waals surface area contributed by atoms with Crippen LogP contribution in [0.4, 0.5) is 5.69 Å². The van der Waals surface area contributed by atoms with E-state index < -0.39 is 5.97 Å². The van der Waals surface area contributed by atoms with Crippen molar-refractivity contribution in [1.29, 1.82) is 0 Å². The van der Waals surface area contributed by atoms with Crippen molar-refractivity contribution in [2.75, 3.05) is 25.3 Å². The van der Waals surface area contributed by atoms with Crippen molar-refractivity contribution in [2.24, 2.45) is 0 Å². The third-order valence-electron chi connectivity index (χ3n) is 3.86. The number of amides is 1. The van der Waals surface area contributed by atoms with E-state index in [4.69, 9.17) is 9.47 Å². The van der Waals surface area contributed by atoms with Crippen molar-refractivity contribution < 1.29 is 19.1 Å². The summed E-state index contributed by atoms with van der Waals surface area (Å²) in [4.78, 5) is 26.8. The van der Waals surface area contributed by atoms with E-state index in [1.807, 2.05) is 60.7 Å². The second-order valence-corrected chi connectivity index (χ2v) is 7.82. The number of benzene rings is 2. The van der Waals surface area contributed by atoms with Gasteiger partial charge in [-0.1, -0.05) is 30.3 Å². The largest absolute Gasteiger partial charge is 0.497 e. The Labute approximate surface area is 171 Å². The molecule has 144 valence electrons. The molecule has 3 aromatic rings. The number of hydrogen-bond acceptors (Lipinski definition) is 6. The van der Waals surface area contributed by atoms with Crippen molar-refractivity contribution in [1.82, 2.24) is 0 Å². The standard InChI is InChI=1S/C21H19NO4S2/c1-25-15-8-10-16(11-9-15)27-13-19(23)22-17-12-18(14-6-4-3-5-7-14)28-20(17)21(24)26-2/h3-12H,13H2,1-2H3,(H,22,23). The molecule has 0 aliphatic carbocycles. The van der Waals surface area contributed by atoms with Gasteiger partial charge in [0.25, 0.3) is 0 Å². The highest BCUT2D eigenvalue weighted by Gasteiger charge is 2.19. The molecule has 0 spiro atoms. The average Bonchev–Trinajstić information content (AvgIpc) is 3.16. The summed E-state index contributed by atoms with van der Waals surface area (Å²) in [5, 5.41) is 2.83. The van der Waals surface area contributed by atoms with Gasteiger partial charge in [-0.05, 0) is 35.9 Å². The van der Waals surface area contributed by atoms with Crippen LogP contribution in [-0.4, -0.2) is 31.8 Å². The number of hydrogen-bond donors (Lipinski definition) is 1. The van der Waals surface area contributed by atoms with Crippen LogP contribution in [0.5, 0.6) is 5.75 Å². The normalized spacial score (nSPS) is 10.4. The van der Waals surface area contributed by atoms with E-state index in [0.717, 1.165) is 21.1 Å². The minimum absolute atomic E-state index is 0.191. The lowest BCUT2D eigenvalue weighted by Gasteiger charge is -2.06. The summed E-state index contributed by atoms with van der Waals surface area (Å²) >= 11 is 2.71. The van der Waals surface area contributed by atoms with E-state index in [1.165, 1.54) is 30.2 Å². The van der Waals surface area contributed by atoms with E-state index >= 15 is 0 Å². The minimum atomic E-state index is -0.467. The molecular weight excluding hydrogens is 394 g/mol. The number of rotatable bonds is 7. The van der Waals surface area contributed by atoms with E-state index in [9.17, 15) is 9.59 Å². The fraction of sp³-hybridized carbons (Fsp3) is 0.143. The molecule has 5 nitrogen and oxygen atoms in total. The van der Waals surface area contributed by atoms with Gasteiger partial charge in [-0.25, -0.2) is 4.79 Å². The van der Waals surface area contributed by atoms with E-state index in [2.05, 4.69) is 5.32 Å². The third kappa shape index (κ3) is 4.94. The summed E-state index contributed by atoms with van der Waals surface area (Å²) in [6.07, 6.45) is 0. The van der Waals surface area contributed by atoms with Gasteiger partial charge in [-0.2, -0.15) is 0 Å². The molecule has 1 N–H and O–H groups in total. The molecule has 0 radical (unpaired) electrons. The Morgan fingerprint density at radius 2 is 1.75 bits per heavy atom. The number of methoxy groups -OCH3 is 2. The van der Waals surface area contributed by atoms with Gasteiger partial charge in [-0.15, -0.1) is 23.1 Å². The summed E-state index contributed by atoms with van der Waals surface area (Å²) in [6, 6.07) is 19.0. The maximum atomic E-state index is 12.4. The summed E-state index contributed by atoms with van der Waals surface area (Å²) in [5.74, 6) is 0.334. The Hall–Kier alpha value is -2.77. The topological polar surface area (TPSA) is 64.6 Å². The van der Waals surface area contributed by atoms with Crippen molar-refractivity contribution >= 4 is 40.7 Å². The SMILES string of the molecule is COC(=O)c1sc(-c2ccccc2)cc1NC(=O)CSc1ccc(OC)cc1. The van der Waals surface area contributed by atoms with Crippen LogP contribution in [0.1, 0.15) is 9.67 Å². The van der Waals surface area contributed by atoms with Gasteiger partial charge in [0.05, 0.1) is 25.7 Å². The van der Waals surface area contributed by atoms with Crippen LogP contribution in [0, 0.1) is 0 Å². The molecule has 0 aliphatic heterocycles. The summed E-state index contributed by atoms with van der Waals surface area (Å²) in [7, 11) is 2.94. The lowest BCUT2D eigenvalue weighted by atomic mass is 10.2. The van der Waals surface area contributed by atoms with Gasteiger partial charge in [0, 0.05) is 9.77 Å². The van der Waals surface area contributed by atoms with Gasteiger partial charge < -0.3 is 14.8 Å². The Kier molecular flexibility index (Phi) is 6.73. The Morgan fingerprint density at radius 1 is 1.04 bits per heavy atom. The maximum absolute atomic E-state index is 12.4. The lowest BCUT2D eigenvalue weighted by molar-refractivity contribution is -0.113. The van der Waals surface area contributed by atoms with Crippen LogP contribution >= 0.6 is 23.1 Å². The second kappa shape index (κ2) is 9.43. The van der Waals surface area contributed by atoms with Crippen LogP contribution in [0.25, 0.3) is 10.4 Å². The molecule has 0 saturated heterocycles. The number of carbonyl (C=O) groups is 2. The van der Waals surface area contributed by atoms with Crippen LogP contribution in [-0.2, 0) is 9.53 Å². The molecule has 0 unspecified atom stereocenters. The molecule has 0 saturated carbocycles. The number of thiophene rings is 1. The first-order valence-electron chi connectivity index (χ1n) is 8.45. The molecule has 0 bridgehead atoms. The van der Waals surface area contributed by atoms with Crippen molar-refractivity contribution in [3.63, 3.8) is 0 Å². The first-order chi connectivity index (χ1) is 13.6. The monoisotopic (exact) mass is 413 g/mol. The number of ether oxygens (including phenoxy) is 2. The van der Waals surface area contributed by atoms with Gasteiger partial charge in [0.15, 0.2) is 0 Å². The molecule has 7 heteroatoms. The van der Waals surface area contributed by atoms with Crippen molar-refractivity contribution in [2.45, 2.75) is 4.90 Å². The zero-order valence-corrected chi connectivity index (χ0v) is 17.1. The van der Waals surface area contributed by atoms with Gasteiger partial charge >= 0.3 is 5.97 Å². The molecular formula is C21H19NO4S2. The number of nitrogens with one attached hydrogen (secondary N) is 1. The van der Waals surface area contributed by atoms with Crippen LogP contribution in [0.3, 0.4) is 0 Å². The predicted molar refractivity (Wildman–Crippen MR) is 113 cm³/mol. The zero-order chi connectivity index (χ0) is 19.9. The quantitative estimate of drug-likeness (QED) is 0.439. The summed E-state index contributed by atoms with van der Waals surface area (Å²) < 4.78 is 9.99. The Morgan fingerprint density at radius 3 is 2.39 bits per heavy atom. The molecule has 1 heterocycles. The number of carbonyl (C=O) groups excluding carboxylic acids is 2. The van der Waals surface area contributed by atoms with Crippen LogP contribution < -0.4 is 10.1 Å². The number of esters is 1. The second-order valence-electron chi connectivity index (χ2n) is 5.72. The fourth-order valence-electron chi connectivity index (χ4n) is 2.48. The van der Waals surface area contributed by atoms with E-state index in [-0.39, 0.29) is 11.7 Å². The highest BCUT2D eigenvalue weighted by Crippen LogP contribution is 2.35. The summed E-state index contributed by atoms with van der Waals surface area (Å²) in [6.45, 7) is 0. The number of thioether (sulfide) groups is 1. The lowest BCUT2D eigenvalue weighted by Crippen LogP contribution is -2.15. The van der Waals surface area contributed by atoms with Crippen LogP contribution in [0.2, 0.25) is 0 Å². The molecule has 1 aromatic heterocycles. The first-order valence-corrected chi connectivity index (χ1v) is 10.2. The van der Waals surface area contributed by atoms with Crippen LogP contribution in [0.15, 0.2) is 65.6 Å². The first kappa shape index (κ1) is 20.0. The maximum Gasteiger partial charge on any atom is 0.350 e. The van der Waals surface area contributed by atoms with Crippen molar-refractivity contribution in [3.05, 3.63) is 65.5 Å². The minimum Gasteiger partial charge on any atom is -0.497 e. The highest BCUT2D eigenvalue weighted by molar-refractivity contribution is 8.00. The van der Waals surface area contributed by atoms with Gasteiger partial charge in [-0.3, -0.25) is 4.79 Å². The molecule has 0 atom stereocenters. The number of anilines is 1. The summed E-state index contributed by atoms with van der Waals surface area (Å²) in [5.41, 5.74) is 1.45. The zero-order valence-electron chi connectivity index (χ0n) is 15.4. The molecule has 3 rings (SSSR count). The highest BCUT2D eigenvalue weighted by atomic mass is 32.2. The Bertz CT molecular complexity index is 952. The van der Waals surface area contributed by atoms with Gasteiger partial charge in [0.1, 0.15) is 10.6 Å². The van der Waals surface area contributed by atoms with Gasteiger partial charge in [0.2, 0.25) is 5.91 Å². The van der Waals surface area contributed by atoms with E-state index in [0.29, 0.717) is 10.6 Å².